The van der Waals surface area contributed by atoms with Gasteiger partial charge in [0, 0.05) is 22.3 Å². The Morgan fingerprint density at radius 2 is 0.938 bits per heavy atom. The van der Waals surface area contributed by atoms with Crippen molar-refractivity contribution in [3.8, 4) is 34.0 Å². The van der Waals surface area contributed by atoms with Crippen LogP contribution in [0.4, 0.5) is 0 Å². The normalized spacial score (nSPS) is 30.3. The molecule has 5 fully saturated rings. The average molecular weight is 853 g/mol. The molecular formula is C62H64N2O. The number of pyridine rings is 2. The van der Waals surface area contributed by atoms with Gasteiger partial charge in [0.15, 0.2) is 0 Å². The van der Waals surface area contributed by atoms with Gasteiger partial charge in [0.05, 0.1) is 22.8 Å². The van der Waals surface area contributed by atoms with Crippen LogP contribution in [0, 0.1) is 29.1 Å². The summed E-state index contributed by atoms with van der Waals surface area (Å²) in [4.78, 5) is 11.8. The molecule has 3 nitrogen and oxygen atoms in total. The van der Waals surface area contributed by atoms with E-state index in [0.717, 1.165) is 80.9 Å². The van der Waals surface area contributed by atoms with E-state index in [1.807, 2.05) is 0 Å². The summed E-state index contributed by atoms with van der Waals surface area (Å²) in [6.45, 7) is 13.9. The largest absolute Gasteiger partial charge is 0.457 e. The van der Waals surface area contributed by atoms with Gasteiger partial charge in [-0.1, -0.05) is 90.1 Å². The molecule has 0 radical (unpaired) electrons. The first-order valence-corrected chi connectivity index (χ1v) is 25.5. The number of hydrogen-bond donors (Lipinski definition) is 0. The van der Waals surface area contributed by atoms with Crippen LogP contribution in [0.15, 0.2) is 109 Å². The van der Waals surface area contributed by atoms with Gasteiger partial charge >= 0.3 is 0 Å². The van der Waals surface area contributed by atoms with Crippen molar-refractivity contribution in [3.05, 3.63) is 165 Å². The molecule has 6 aromatic rings. The minimum absolute atomic E-state index is 0.0833. The monoisotopic (exact) mass is 853 g/mol. The molecule has 7 atom stereocenters. The van der Waals surface area contributed by atoms with E-state index in [1.54, 1.807) is 22.3 Å². The molecule has 0 N–H and O–H groups in total. The molecule has 8 aliphatic carbocycles. The Labute approximate surface area is 386 Å². The zero-order valence-corrected chi connectivity index (χ0v) is 39.4. The first kappa shape index (κ1) is 39.2. The number of hydrogen-bond acceptors (Lipinski definition) is 3. The maximum absolute atomic E-state index is 7.05. The van der Waals surface area contributed by atoms with E-state index < -0.39 is 5.41 Å². The second kappa shape index (κ2) is 13.3. The smallest absolute Gasteiger partial charge is 0.132 e. The lowest BCUT2D eigenvalue weighted by atomic mass is 9.56. The lowest BCUT2D eigenvalue weighted by Crippen LogP contribution is -2.41. The molecule has 3 heteroatoms. The van der Waals surface area contributed by atoms with E-state index in [1.165, 1.54) is 86.5 Å². The molecule has 4 aromatic carbocycles. The fraction of sp³-hybridized carbons (Fsp3) is 0.452. The number of ether oxygens (including phenoxy) is 1. The third-order valence-electron chi connectivity index (χ3n) is 19.2. The summed E-state index contributed by atoms with van der Waals surface area (Å²) < 4.78 is 7.05. The van der Waals surface area contributed by atoms with Crippen LogP contribution in [0.1, 0.15) is 185 Å². The van der Waals surface area contributed by atoms with Crippen molar-refractivity contribution in [2.45, 2.75) is 146 Å². The fourth-order valence-electron chi connectivity index (χ4n) is 16.2. The van der Waals surface area contributed by atoms with E-state index in [4.69, 9.17) is 14.7 Å². The summed E-state index contributed by atoms with van der Waals surface area (Å²) in [6.07, 6.45) is 14.0. The highest BCUT2D eigenvalue weighted by Gasteiger charge is 2.65. The van der Waals surface area contributed by atoms with Gasteiger partial charge in [0.25, 0.3) is 0 Å². The van der Waals surface area contributed by atoms with Crippen LogP contribution in [-0.2, 0) is 16.2 Å². The summed E-state index contributed by atoms with van der Waals surface area (Å²) in [5, 5.41) is 0. The summed E-state index contributed by atoms with van der Waals surface area (Å²) in [6, 6.07) is 42.4. The molecule has 15 rings (SSSR count). The van der Waals surface area contributed by atoms with E-state index in [9.17, 15) is 0 Å². The molecule has 328 valence electrons. The van der Waals surface area contributed by atoms with E-state index >= 15 is 0 Å². The zero-order chi connectivity index (χ0) is 43.8. The number of nitrogens with zero attached hydrogens (tertiary/aromatic N) is 2. The highest BCUT2D eigenvalue weighted by Crippen LogP contribution is 2.76. The third-order valence-corrected chi connectivity index (χ3v) is 19.2. The molecule has 2 aromatic heterocycles. The quantitative estimate of drug-likeness (QED) is 0.177. The average Bonchev–Trinajstić information content (AvgIpc) is 3.64. The Bertz CT molecular complexity index is 2900. The first-order valence-electron chi connectivity index (χ1n) is 25.5. The summed E-state index contributed by atoms with van der Waals surface area (Å²) in [5.41, 5.74) is 17.4. The Hall–Kier alpha value is -5.02. The molecule has 7 bridgehead atoms. The molecular weight excluding hydrogens is 789 g/mol. The Kier molecular flexibility index (Phi) is 8.03. The molecule has 1 aliphatic heterocycles. The van der Waals surface area contributed by atoms with Gasteiger partial charge < -0.3 is 4.74 Å². The number of rotatable bonds is 4. The Morgan fingerprint density at radius 3 is 1.46 bits per heavy atom. The highest BCUT2D eigenvalue weighted by atomic mass is 16.5. The van der Waals surface area contributed by atoms with Crippen molar-refractivity contribution in [3.63, 3.8) is 0 Å². The summed E-state index contributed by atoms with van der Waals surface area (Å²) in [7, 11) is 0. The molecule has 9 aliphatic rings. The highest BCUT2D eigenvalue weighted by molar-refractivity contribution is 5.72. The van der Waals surface area contributed by atoms with Gasteiger partial charge in [0.2, 0.25) is 0 Å². The van der Waals surface area contributed by atoms with E-state index in [-0.39, 0.29) is 10.8 Å². The summed E-state index contributed by atoms with van der Waals surface area (Å²) >= 11 is 0. The van der Waals surface area contributed by atoms with Gasteiger partial charge in [-0.15, -0.1) is 0 Å². The van der Waals surface area contributed by atoms with Crippen LogP contribution in [0.2, 0.25) is 0 Å². The van der Waals surface area contributed by atoms with Crippen LogP contribution in [-0.4, -0.2) is 9.97 Å². The standard InChI is InChI=1S/C62H64N2O/c1-59(2,3)43-15-19-55-51(31-43)62(52-32-44(60(4,5)6)16-20-56(52)65-55,57-11-7-9-53(63-57)37-13-17-47-39-22-35-21-36(23-39)25-40(24-35)49(47)28-37)58-12-8-10-54(64-58)38-14-18-48-41-26-45-30-46-27-42(50(48)29-38)34-61(45,46)33-41/h7-20,28-29,31-32,35-36,39-42,45-46H,21-27,30,33-34H2,1-6H3. The van der Waals surface area contributed by atoms with Crippen LogP contribution < -0.4 is 4.74 Å². The number of aromatic nitrogens is 2. The van der Waals surface area contributed by atoms with Crippen molar-refractivity contribution in [2.75, 3.05) is 0 Å². The SMILES string of the molecule is CC(C)(C)c1ccc2c(c1)C(c1cccc(-c3ccc4c(c3)C3CC5CC(CC4C5)C3)n1)(c1cccc(-c3ccc4c(c3)C3CC5CC6CC4CC65C3)n1)c1cc(C(C)(C)C)ccc1O2. The van der Waals surface area contributed by atoms with Gasteiger partial charge in [0.1, 0.15) is 16.9 Å². The van der Waals surface area contributed by atoms with E-state index in [0.29, 0.717) is 17.3 Å². The van der Waals surface area contributed by atoms with Crippen LogP contribution in [0.25, 0.3) is 22.5 Å². The molecule has 3 heterocycles. The predicted octanol–water partition coefficient (Wildman–Crippen LogP) is 15.7. The van der Waals surface area contributed by atoms with E-state index in [2.05, 4.69) is 151 Å². The van der Waals surface area contributed by atoms with Crippen molar-refractivity contribution in [1.82, 2.24) is 9.97 Å². The zero-order valence-electron chi connectivity index (χ0n) is 39.4. The minimum Gasteiger partial charge on any atom is -0.457 e. The summed E-state index contributed by atoms with van der Waals surface area (Å²) in [5.74, 6) is 8.26. The van der Waals surface area contributed by atoms with Crippen molar-refractivity contribution >= 4 is 0 Å². The molecule has 1 spiro atoms. The number of fused-ring (bicyclic) bond motifs is 7. The van der Waals surface area contributed by atoms with Crippen LogP contribution in [0.3, 0.4) is 0 Å². The predicted molar refractivity (Wildman–Crippen MR) is 262 cm³/mol. The fourth-order valence-corrected chi connectivity index (χ4v) is 16.2. The third kappa shape index (κ3) is 5.60. The topological polar surface area (TPSA) is 35.0 Å². The molecule has 65 heavy (non-hydrogen) atoms. The van der Waals surface area contributed by atoms with Crippen molar-refractivity contribution < 1.29 is 4.74 Å². The maximum atomic E-state index is 7.05. The molecule has 5 saturated carbocycles. The van der Waals surface area contributed by atoms with Gasteiger partial charge in [-0.2, -0.15) is 0 Å². The molecule has 0 saturated heterocycles. The Morgan fingerprint density at radius 1 is 0.462 bits per heavy atom. The molecule has 7 unspecified atom stereocenters. The Balaban J connectivity index is 0.990. The lowest BCUT2D eigenvalue weighted by Gasteiger charge is -2.48. The second-order valence-electron chi connectivity index (χ2n) is 24.7. The first-order chi connectivity index (χ1) is 31.3. The maximum Gasteiger partial charge on any atom is 0.132 e. The number of benzene rings is 4. The van der Waals surface area contributed by atoms with Gasteiger partial charge in [-0.25, -0.2) is 0 Å². The molecule has 0 amide bonds. The lowest BCUT2D eigenvalue weighted by molar-refractivity contribution is 0.00322. The van der Waals surface area contributed by atoms with Crippen LogP contribution in [0.5, 0.6) is 11.5 Å². The second-order valence-corrected chi connectivity index (χ2v) is 24.7. The minimum atomic E-state index is -0.870. The van der Waals surface area contributed by atoms with Crippen molar-refractivity contribution in [1.29, 1.82) is 0 Å². The van der Waals surface area contributed by atoms with Crippen LogP contribution >= 0.6 is 0 Å². The van der Waals surface area contributed by atoms with Gasteiger partial charge in [-0.05, 0) is 222 Å². The van der Waals surface area contributed by atoms with Crippen molar-refractivity contribution in [2.24, 2.45) is 29.1 Å². The van der Waals surface area contributed by atoms with Gasteiger partial charge in [-0.3, -0.25) is 9.97 Å².